The summed E-state index contributed by atoms with van der Waals surface area (Å²) < 4.78 is 6.09. The maximum Gasteiger partial charge on any atom is 0.104 e. The summed E-state index contributed by atoms with van der Waals surface area (Å²) in [6.07, 6.45) is 5.04. The Morgan fingerprint density at radius 3 is 2.45 bits per heavy atom. The first-order valence-corrected chi connectivity index (χ1v) is 4.10. The number of ether oxygens (including phenoxy) is 1. The van der Waals surface area contributed by atoms with Crippen LogP contribution in [0.3, 0.4) is 0 Å². The zero-order valence-electron chi connectivity index (χ0n) is 7.42. The van der Waals surface area contributed by atoms with E-state index in [-0.39, 0.29) is 5.85 Å². The number of quaternary nitrogens is 1. The number of nitrogens with zero attached hydrogens (tertiary/aromatic N) is 1. The first-order chi connectivity index (χ1) is 4.95. The summed E-state index contributed by atoms with van der Waals surface area (Å²) in [6, 6.07) is 0. The highest BCUT2D eigenvalue weighted by molar-refractivity contribution is 7.17. The number of terminal acetylenes is 1. The van der Waals surface area contributed by atoms with E-state index in [0.717, 1.165) is 11.0 Å². The van der Waals surface area contributed by atoms with Crippen LogP contribution in [-0.4, -0.2) is 44.6 Å². The third kappa shape index (κ3) is 7.81. The van der Waals surface area contributed by atoms with Crippen LogP contribution in [0.4, 0.5) is 0 Å². The van der Waals surface area contributed by atoms with Crippen molar-refractivity contribution in [3.05, 3.63) is 0 Å². The van der Waals surface area contributed by atoms with Gasteiger partial charge in [-0.15, -0.1) is 6.42 Å². The van der Waals surface area contributed by atoms with Crippen LogP contribution in [0.1, 0.15) is 0 Å². The molecule has 0 heterocycles. The molecule has 1 atom stereocenters. The van der Waals surface area contributed by atoms with Gasteiger partial charge in [-0.3, -0.25) is 0 Å². The fraction of sp³-hybridized carbons (Fsp3) is 0.750. The molecule has 11 heavy (non-hydrogen) atoms. The highest BCUT2D eigenvalue weighted by Crippen LogP contribution is 2.06. The lowest BCUT2D eigenvalue weighted by Gasteiger charge is -2.31. The van der Waals surface area contributed by atoms with Crippen LogP contribution < -0.4 is 0 Å². The molecule has 0 aliphatic rings. The smallest absolute Gasteiger partial charge is 0.104 e. The first kappa shape index (κ1) is 10.9. The van der Waals surface area contributed by atoms with Crippen LogP contribution in [0.5, 0.6) is 0 Å². The van der Waals surface area contributed by atoms with Crippen molar-refractivity contribution < 1.29 is 9.22 Å². The Bertz CT molecular complexity index is 145. The average molecular weight is 173 g/mol. The van der Waals surface area contributed by atoms with Gasteiger partial charge in [0.15, 0.2) is 0 Å². The van der Waals surface area contributed by atoms with E-state index in [1.807, 2.05) is 0 Å². The third-order valence-electron chi connectivity index (χ3n) is 1.08. The largest absolute Gasteiger partial charge is 0.520 e. The second-order valence-corrected chi connectivity index (χ2v) is 4.12. The molecule has 0 fully saturated rings. The third-order valence-corrected chi connectivity index (χ3v) is 1.43. The molecule has 0 aliphatic carbocycles. The monoisotopic (exact) mass is 173 g/mol. The minimum absolute atomic E-state index is 0.0473. The van der Waals surface area contributed by atoms with Crippen LogP contribution in [0.2, 0.25) is 0 Å². The molecule has 0 radical (unpaired) electrons. The molecule has 0 amide bonds. The van der Waals surface area contributed by atoms with E-state index in [4.69, 9.17) is 11.2 Å². The average Bonchev–Trinajstić information content (AvgIpc) is 1.79. The van der Waals surface area contributed by atoms with Crippen LogP contribution in [0.25, 0.3) is 0 Å². The molecule has 0 aromatic carbocycles. The quantitative estimate of drug-likeness (QED) is 0.347. The van der Waals surface area contributed by atoms with Gasteiger partial charge in [0, 0.05) is 0 Å². The molecule has 64 valence electrons. The van der Waals surface area contributed by atoms with Gasteiger partial charge in [0.25, 0.3) is 0 Å². The first-order valence-electron chi connectivity index (χ1n) is 3.52. The summed E-state index contributed by atoms with van der Waals surface area (Å²) in [4.78, 5) is 0. The Morgan fingerprint density at radius 1 is 1.55 bits per heavy atom. The molecule has 1 unspecified atom stereocenters. The van der Waals surface area contributed by atoms with Crippen molar-refractivity contribution >= 4 is 9.24 Å². The van der Waals surface area contributed by atoms with E-state index < -0.39 is 0 Å². The summed E-state index contributed by atoms with van der Waals surface area (Å²) in [6.45, 7) is 1.27. The molecule has 0 aliphatic heterocycles. The topological polar surface area (TPSA) is 9.23 Å². The minimum Gasteiger partial charge on any atom is -0.520 e. The van der Waals surface area contributed by atoms with Crippen LogP contribution >= 0.6 is 9.24 Å². The van der Waals surface area contributed by atoms with Gasteiger partial charge in [0.05, 0.1) is 27.7 Å². The minimum atomic E-state index is 0.0473. The highest BCUT2D eigenvalue weighted by Gasteiger charge is 2.07. The van der Waals surface area contributed by atoms with E-state index in [9.17, 15) is 0 Å². The van der Waals surface area contributed by atoms with Crippen molar-refractivity contribution in [3.63, 3.8) is 0 Å². The Balaban J connectivity index is 3.54. The van der Waals surface area contributed by atoms with Crippen molar-refractivity contribution in [2.45, 2.75) is 5.85 Å². The maximum atomic E-state index is 5.23. The second kappa shape index (κ2) is 4.72. The van der Waals surface area contributed by atoms with E-state index >= 15 is 0 Å². The lowest BCUT2D eigenvalue weighted by atomic mass is 10.5. The molecule has 0 N–H and O–H groups in total. The number of hydrogen-bond donors (Lipinski definition) is 0. The SMILES string of the molecule is C#CCOC([PH-])C[N+](C)(C)C. The van der Waals surface area contributed by atoms with E-state index in [0.29, 0.717) is 6.61 Å². The molecule has 0 aromatic heterocycles. The van der Waals surface area contributed by atoms with E-state index in [2.05, 4.69) is 36.3 Å². The summed E-state index contributed by atoms with van der Waals surface area (Å²) in [5, 5.41) is 0. The molecule has 2 nitrogen and oxygen atoms in total. The van der Waals surface area contributed by atoms with Gasteiger partial charge in [-0.1, -0.05) is 5.92 Å². The summed E-state index contributed by atoms with van der Waals surface area (Å²) in [7, 11) is 9.74. The predicted octanol–water partition coefficient (Wildman–Crippen LogP) is 0.811. The van der Waals surface area contributed by atoms with Gasteiger partial charge in [0.2, 0.25) is 0 Å². The van der Waals surface area contributed by atoms with Gasteiger partial charge in [-0.25, -0.2) is 0 Å². The molecular formula is C8H16NOP. The number of likely N-dealkylation sites (N-methyl/N-ethyl adjacent to an activating group) is 1. The lowest BCUT2D eigenvalue weighted by molar-refractivity contribution is -0.871. The Hall–Kier alpha value is -0.0900. The van der Waals surface area contributed by atoms with E-state index in [1.165, 1.54) is 0 Å². The molecular weight excluding hydrogens is 157 g/mol. The molecule has 0 spiro atoms. The molecule has 0 saturated carbocycles. The van der Waals surface area contributed by atoms with Crippen LogP contribution in [0, 0.1) is 12.3 Å². The van der Waals surface area contributed by atoms with Gasteiger partial charge >= 0.3 is 0 Å². The van der Waals surface area contributed by atoms with E-state index in [1.54, 1.807) is 0 Å². The van der Waals surface area contributed by atoms with Crippen LogP contribution in [-0.2, 0) is 4.74 Å². The van der Waals surface area contributed by atoms with Gasteiger partial charge < -0.3 is 18.5 Å². The van der Waals surface area contributed by atoms with Crippen molar-refractivity contribution in [1.82, 2.24) is 0 Å². The van der Waals surface area contributed by atoms with Gasteiger partial charge in [-0.05, 0) is 5.85 Å². The number of rotatable bonds is 4. The Labute approximate surface area is 71.7 Å². The fourth-order valence-electron chi connectivity index (χ4n) is 0.699. The summed E-state index contributed by atoms with van der Waals surface area (Å²) in [5.74, 6) is 2.47. The standard InChI is InChI=1S/C8H16NOP/c1-5-6-10-8(11)7-9(2,3)4/h1,8,11H,6-7H2,2-4H3. The molecule has 0 saturated heterocycles. The van der Waals surface area contributed by atoms with Crippen molar-refractivity contribution in [2.24, 2.45) is 0 Å². The van der Waals surface area contributed by atoms with Gasteiger partial charge in [-0.2, -0.15) is 0 Å². The second-order valence-electron chi connectivity index (χ2n) is 3.48. The summed E-state index contributed by atoms with van der Waals surface area (Å²) >= 11 is 0. The summed E-state index contributed by atoms with van der Waals surface area (Å²) in [5.41, 5.74) is 0. The normalized spacial score (nSPS) is 14.1. The van der Waals surface area contributed by atoms with Gasteiger partial charge in [0.1, 0.15) is 6.61 Å². The number of hydrogen-bond acceptors (Lipinski definition) is 1. The zero-order valence-corrected chi connectivity index (χ0v) is 8.42. The van der Waals surface area contributed by atoms with Crippen molar-refractivity contribution in [3.8, 4) is 12.3 Å². The molecule has 3 heteroatoms. The lowest BCUT2D eigenvalue weighted by Crippen LogP contribution is -2.40. The zero-order chi connectivity index (χ0) is 8.91. The Morgan fingerprint density at radius 2 is 2.09 bits per heavy atom. The van der Waals surface area contributed by atoms with Crippen molar-refractivity contribution in [1.29, 1.82) is 0 Å². The van der Waals surface area contributed by atoms with Crippen LogP contribution in [0.15, 0.2) is 0 Å². The fourth-order valence-corrected chi connectivity index (χ4v) is 1.33. The van der Waals surface area contributed by atoms with Crippen molar-refractivity contribution in [2.75, 3.05) is 34.3 Å². The maximum absolute atomic E-state index is 5.23. The Kier molecular flexibility index (Phi) is 4.68. The molecule has 0 aromatic rings. The molecule has 0 bridgehead atoms. The molecule has 0 rings (SSSR count). The predicted molar refractivity (Wildman–Crippen MR) is 49.8 cm³/mol. The highest BCUT2D eigenvalue weighted by atomic mass is 31.0.